The highest BCUT2D eigenvalue weighted by molar-refractivity contribution is 7.90. The predicted molar refractivity (Wildman–Crippen MR) is 120 cm³/mol. The topological polar surface area (TPSA) is 140 Å². The van der Waals surface area contributed by atoms with Gasteiger partial charge >= 0.3 is 6.01 Å². The third-order valence-corrected chi connectivity index (χ3v) is 8.29. The average Bonchev–Trinajstić information content (AvgIpc) is 3.27. The Morgan fingerprint density at radius 2 is 1.48 bits per heavy atom. The first kappa shape index (κ1) is 23.1. The molecule has 0 atom stereocenters. The van der Waals surface area contributed by atoms with Crippen molar-refractivity contribution in [3.8, 4) is 11.5 Å². The fourth-order valence-corrected chi connectivity index (χ4v) is 5.58. The molecule has 0 aliphatic carbocycles. The average molecular weight is 491 g/mol. The van der Waals surface area contributed by atoms with E-state index in [9.17, 15) is 21.6 Å². The van der Waals surface area contributed by atoms with Crippen LogP contribution >= 0.6 is 0 Å². The van der Waals surface area contributed by atoms with Gasteiger partial charge in [-0.15, -0.1) is 5.10 Å². The van der Waals surface area contributed by atoms with Crippen LogP contribution in [0.1, 0.15) is 29.6 Å². The summed E-state index contributed by atoms with van der Waals surface area (Å²) in [6, 6.07) is 11.4. The Morgan fingerprint density at radius 1 is 0.879 bits per heavy atom. The van der Waals surface area contributed by atoms with Crippen molar-refractivity contribution in [3.05, 3.63) is 54.1 Å². The highest BCUT2D eigenvalue weighted by atomic mass is 32.2. The molecule has 1 amide bonds. The summed E-state index contributed by atoms with van der Waals surface area (Å²) in [6.45, 7) is 1.00. The molecule has 0 radical (unpaired) electrons. The van der Waals surface area contributed by atoms with Crippen LogP contribution in [-0.2, 0) is 19.9 Å². The van der Waals surface area contributed by atoms with E-state index in [0.717, 1.165) is 25.5 Å². The summed E-state index contributed by atoms with van der Waals surface area (Å²) in [7, 11) is -6.91. The summed E-state index contributed by atoms with van der Waals surface area (Å²) in [4.78, 5) is 12.8. The molecule has 10 nitrogen and oxygen atoms in total. The number of anilines is 1. The number of sulfonamides is 1. The van der Waals surface area contributed by atoms with Crippen molar-refractivity contribution >= 4 is 31.8 Å². The van der Waals surface area contributed by atoms with Crippen molar-refractivity contribution in [2.75, 3.05) is 24.7 Å². The molecule has 0 bridgehead atoms. The standard InChI is InChI=1S/C21H22N4O6S2/c1-32(27,28)17-9-7-16(8-10-17)20-23-24-21(31-20)22-19(26)15-5-11-18(12-6-15)33(29,30)25-13-3-2-4-14-25/h5-12H,2-4,13-14H2,1H3,(H,22,24,26). The predicted octanol–water partition coefficient (Wildman–Crippen LogP) is 2.57. The number of carbonyl (C=O) groups is 1. The van der Waals surface area contributed by atoms with Gasteiger partial charge in [-0.1, -0.05) is 11.5 Å². The van der Waals surface area contributed by atoms with Crippen molar-refractivity contribution < 1.29 is 26.0 Å². The zero-order valence-corrected chi connectivity index (χ0v) is 19.4. The molecular formula is C21H22N4O6S2. The maximum atomic E-state index is 12.7. The molecule has 2 heterocycles. The van der Waals surface area contributed by atoms with E-state index in [-0.39, 0.29) is 27.3 Å². The fourth-order valence-electron chi connectivity index (χ4n) is 3.44. The molecule has 3 aromatic rings. The number of benzene rings is 2. The lowest BCUT2D eigenvalue weighted by Gasteiger charge is -2.25. The second kappa shape index (κ2) is 9.04. The molecule has 0 unspecified atom stereocenters. The monoisotopic (exact) mass is 490 g/mol. The molecule has 4 rings (SSSR count). The molecule has 0 spiro atoms. The van der Waals surface area contributed by atoms with Crippen LogP contribution < -0.4 is 5.32 Å². The Bertz CT molecular complexity index is 1360. The van der Waals surface area contributed by atoms with Crippen LogP contribution in [0.15, 0.2) is 62.7 Å². The van der Waals surface area contributed by atoms with Gasteiger partial charge in [0.25, 0.3) is 5.91 Å². The van der Waals surface area contributed by atoms with Crippen LogP contribution in [0, 0.1) is 0 Å². The van der Waals surface area contributed by atoms with Gasteiger partial charge in [-0.2, -0.15) is 4.31 Å². The molecule has 0 saturated carbocycles. The van der Waals surface area contributed by atoms with Gasteiger partial charge in [-0.25, -0.2) is 16.8 Å². The lowest BCUT2D eigenvalue weighted by Crippen LogP contribution is -2.35. The van der Waals surface area contributed by atoms with E-state index in [1.54, 1.807) is 0 Å². The van der Waals surface area contributed by atoms with Crippen molar-refractivity contribution in [3.63, 3.8) is 0 Å². The van der Waals surface area contributed by atoms with Crippen molar-refractivity contribution in [1.29, 1.82) is 0 Å². The van der Waals surface area contributed by atoms with Crippen LogP contribution in [-0.4, -0.2) is 56.6 Å². The zero-order chi connectivity index (χ0) is 23.6. The summed E-state index contributed by atoms with van der Waals surface area (Å²) >= 11 is 0. The van der Waals surface area contributed by atoms with E-state index in [2.05, 4.69) is 15.5 Å². The van der Waals surface area contributed by atoms with Gasteiger partial charge in [0.1, 0.15) is 0 Å². The van der Waals surface area contributed by atoms with E-state index in [1.807, 2.05) is 0 Å². The molecule has 1 fully saturated rings. The Hall–Kier alpha value is -3.09. The number of piperidine rings is 1. The van der Waals surface area contributed by atoms with Gasteiger partial charge in [0.2, 0.25) is 15.9 Å². The Kier molecular flexibility index (Phi) is 6.32. The summed E-state index contributed by atoms with van der Waals surface area (Å²) in [5, 5.41) is 10.1. The number of carbonyl (C=O) groups excluding carboxylic acids is 1. The highest BCUT2D eigenvalue weighted by Gasteiger charge is 2.26. The quantitative estimate of drug-likeness (QED) is 0.556. The van der Waals surface area contributed by atoms with Gasteiger partial charge in [-0.3, -0.25) is 10.1 Å². The first-order valence-corrected chi connectivity index (χ1v) is 13.5. The molecule has 1 N–H and O–H groups in total. The number of hydrogen-bond acceptors (Lipinski definition) is 8. The van der Waals surface area contributed by atoms with Crippen LogP contribution in [0.25, 0.3) is 11.5 Å². The highest BCUT2D eigenvalue weighted by Crippen LogP contribution is 2.23. The lowest BCUT2D eigenvalue weighted by atomic mass is 10.2. The number of nitrogens with zero attached hydrogens (tertiary/aromatic N) is 3. The minimum Gasteiger partial charge on any atom is -0.403 e. The maximum Gasteiger partial charge on any atom is 0.322 e. The summed E-state index contributed by atoms with van der Waals surface area (Å²) in [5.41, 5.74) is 0.715. The van der Waals surface area contributed by atoms with E-state index >= 15 is 0 Å². The molecule has 1 saturated heterocycles. The molecule has 1 aliphatic heterocycles. The third kappa shape index (κ3) is 5.13. The Labute approximate surface area is 191 Å². The fraction of sp³-hybridized carbons (Fsp3) is 0.286. The third-order valence-electron chi connectivity index (χ3n) is 5.24. The molecule has 2 aromatic carbocycles. The number of rotatable bonds is 6. The summed E-state index contributed by atoms with van der Waals surface area (Å²) in [6.07, 6.45) is 3.81. The van der Waals surface area contributed by atoms with Crippen LogP contribution in [0.2, 0.25) is 0 Å². The number of hydrogen-bond donors (Lipinski definition) is 1. The number of amides is 1. The zero-order valence-electron chi connectivity index (χ0n) is 17.8. The van der Waals surface area contributed by atoms with Crippen LogP contribution in [0.3, 0.4) is 0 Å². The van der Waals surface area contributed by atoms with Crippen molar-refractivity contribution in [2.45, 2.75) is 29.1 Å². The largest absolute Gasteiger partial charge is 0.403 e. The first-order valence-electron chi connectivity index (χ1n) is 10.2. The smallest absolute Gasteiger partial charge is 0.322 e. The second-order valence-electron chi connectivity index (χ2n) is 7.65. The van der Waals surface area contributed by atoms with Crippen molar-refractivity contribution in [2.24, 2.45) is 0 Å². The number of nitrogens with one attached hydrogen (secondary N) is 1. The molecule has 174 valence electrons. The van der Waals surface area contributed by atoms with Gasteiger partial charge in [0.15, 0.2) is 9.84 Å². The Balaban J connectivity index is 1.44. The summed E-state index contributed by atoms with van der Waals surface area (Å²) < 4.78 is 55.5. The minimum atomic E-state index is -3.58. The molecule has 1 aliphatic rings. The van der Waals surface area contributed by atoms with E-state index in [1.165, 1.54) is 52.8 Å². The van der Waals surface area contributed by atoms with Gasteiger partial charge in [0.05, 0.1) is 9.79 Å². The maximum absolute atomic E-state index is 12.7. The van der Waals surface area contributed by atoms with E-state index in [4.69, 9.17) is 4.42 Å². The molecule has 1 aromatic heterocycles. The first-order chi connectivity index (χ1) is 15.6. The SMILES string of the molecule is CS(=O)(=O)c1ccc(-c2nnc(NC(=O)c3ccc(S(=O)(=O)N4CCCCC4)cc3)o2)cc1. The number of sulfone groups is 1. The summed E-state index contributed by atoms with van der Waals surface area (Å²) in [5.74, 6) is -0.437. The van der Waals surface area contributed by atoms with Gasteiger partial charge in [0, 0.05) is 30.5 Å². The molecule has 33 heavy (non-hydrogen) atoms. The van der Waals surface area contributed by atoms with Gasteiger partial charge < -0.3 is 4.42 Å². The van der Waals surface area contributed by atoms with Crippen LogP contribution in [0.4, 0.5) is 6.01 Å². The normalized spacial score (nSPS) is 15.3. The molecular weight excluding hydrogens is 468 g/mol. The Morgan fingerprint density at radius 3 is 2.09 bits per heavy atom. The molecule has 12 heteroatoms. The number of aromatic nitrogens is 2. The van der Waals surface area contributed by atoms with E-state index in [0.29, 0.717) is 18.7 Å². The minimum absolute atomic E-state index is 0.105. The van der Waals surface area contributed by atoms with Crippen LogP contribution in [0.5, 0.6) is 0 Å². The van der Waals surface area contributed by atoms with Crippen molar-refractivity contribution in [1.82, 2.24) is 14.5 Å². The second-order valence-corrected chi connectivity index (χ2v) is 11.6. The van der Waals surface area contributed by atoms with Gasteiger partial charge in [-0.05, 0) is 61.4 Å². The lowest BCUT2D eigenvalue weighted by molar-refractivity contribution is 0.102. The van der Waals surface area contributed by atoms with E-state index < -0.39 is 25.8 Å².